The third-order valence-corrected chi connectivity index (χ3v) is 3.94. The van der Waals surface area contributed by atoms with E-state index in [-0.39, 0.29) is 36.5 Å². The molecule has 2 saturated heterocycles. The number of amides is 1. The fourth-order valence-electron chi connectivity index (χ4n) is 2.57. The maximum Gasteiger partial charge on any atom is 0.228 e. The highest BCUT2D eigenvalue weighted by atomic mass is 35.5. The molecule has 0 saturated carbocycles. The maximum absolute atomic E-state index is 12.1. The molecule has 2 fully saturated rings. The van der Waals surface area contributed by atoms with Crippen molar-refractivity contribution in [3.05, 3.63) is 24.3 Å². The van der Waals surface area contributed by atoms with Crippen LogP contribution in [-0.4, -0.2) is 55.2 Å². The summed E-state index contributed by atoms with van der Waals surface area (Å²) in [6.07, 6.45) is 0. The van der Waals surface area contributed by atoms with E-state index in [4.69, 9.17) is 0 Å². The first-order chi connectivity index (χ1) is 9.24. The van der Waals surface area contributed by atoms with Crippen molar-refractivity contribution in [2.75, 3.05) is 44.2 Å². The second kappa shape index (κ2) is 7.73. The van der Waals surface area contributed by atoms with Gasteiger partial charge in [0.2, 0.25) is 5.91 Å². The van der Waals surface area contributed by atoms with Crippen LogP contribution in [0.15, 0.2) is 24.3 Å². The molecule has 1 aromatic rings. The van der Waals surface area contributed by atoms with Crippen LogP contribution in [0.5, 0.6) is 5.75 Å². The molecule has 2 aliphatic heterocycles. The molecule has 0 aromatic heterocycles. The molecule has 2 heterocycles. The fourth-order valence-corrected chi connectivity index (χ4v) is 2.57. The van der Waals surface area contributed by atoms with E-state index >= 15 is 0 Å². The molecule has 5 nitrogen and oxygen atoms in total. The van der Waals surface area contributed by atoms with E-state index < -0.39 is 0 Å². The van der Waals surface area contributed by atoms with Crippen molar-refractivity contribution >= 4 is 36.4 Å². The summed E-state index contributed by atoms with van der Waals surface area (Å²) in [7, 11) is 0. The van der Waals surface area contributed by atoms with Crippen LogP contribution in [0, 0.1) is 5.92 Å². The number of phenols is 1. The molecule has 0 bridgehead atoms. The summed E-state index contributed by atoms with van der Waals surface area (Å²) in [6, 6.07) is 7.24. The molecule has 0 unspecified atom stereocenters. The summed E-state index contributed by atoms with van der Waals surface area (Å²) in [5, 5.41) is 12.4. The zero-order valence-electron chi connectivity index (χ0n) is 11.7. The minimum absolute atomic E-state index is 0. The summed E-state index contributed by atoms with van der Waals surface area (Å²) in [6.45, 7) is 4.95. The summed E-state index contributed by atoms with van der Waals surface area (Å²) >= 11 is 0. The molecule has 7 heteroatoms. The molecule has 0 atom stereocenters. The average Bonchev–Trinajstić information content (AvgIpc) is 2.38. The number of benzene rings is 1. The number of hydrogen-bond donors (Lipinski definition) is 2. The Morgan fingerprint density at radius 3 is 2.10 bits per heavy atom. The lowest BCUT2D eigenvalue weighted by molar-refractivity contribution is -0.137. The zero-order valence-corrected chi connectivity index (χ0v) is 13.3. The Bertz CT molecular complexity index is 458. The molecular weight excluding hydrogens is 313 g/mol. The summed E-state index contributed by atoms with van der Waals surface area (Å²) < 4.78 is 0. The van der Waals surface area contributed by atoms with Gasteiger partial charge < -0.3 is 20.2 Å². The van der Waals surface area contributed by atoms with Crippen LogP contribution in [-0.2, 0) is 4.79 Å². The summed E-state index contributed by atoms with van der Waals surface area (Å²) in [5.74, 6) is 0.777. The lowest BCUT2D eigenvalue weighted by atomic mass is 10.0. The molecule has 2 N–H and O–H groups in total. The molecule has 0 aliphatic carbocycles. The van der Waals surface area contributed by atoms with Crippen LogP contribution in [0.1, 0.15) is 0 Å². The average molecular weight is 334 g/mol. The van der Waals surface area contributed by atoms with E-state index in [9.17, 15) is 9.90 Å². The van der Waals surface area contributed by atoms with Gasteiger partial charge in [-0.25, -0.2) is 0 Å². The van der Waals surface area contributed by atoms with Crippen molar-refractivity contribution in [2.24, 2.45) is 5.92 Å². The SMILES string of the molecule is Cl.Cl.O=C(C1CNC1)N1CCN(c2ccc(O)cc2)CC1. The van der Waals surface area contributed by atoms with Gasteiger partial charge in [-0.3, -0.25) is 4.79 Å². The number of halogens is 2. The number of anilines is 1. The van der Waals surface area contributed by atoms with Gasteiger partial charge in [-0.05, 0) is 24.3 Å². The highest BCUT2D eigenvalue weighted by molar-refractivity contribution is 5.85. The Hall–Kier alpha value is -1.17. The van der Waals surface area contributed by atoms with Gasteiger partial charge >= 0.3 is 0 Å². The number of nitrogens with one attached hydrogen (secondary N) is 1. The van der Waals surface area contributed by atoms with Gasteiger partial charge in [0.15, 0.2) is 0 Å². The Kier molecular flexibility index (Phi) is 6.58. The van der Waals surface area contributed by atoms with Crippen molar-refractivity contribution < 1.29 is 9.90 Å². The topological polar surface area (TPSA) is 55.8 Å². The number of aromatic hydroxyl groups is 1. The van der Waals surface area contributed by atoms with E-state index in [0.717, 1.165) is 45.0 Å². The van der Waals surface area contributed by atoms with Gasteiger partial charge in [0.25, 0.3) is 0 Å². The number of rotatable bonds is 2. The lowest BCUT2D eigenvalue weighted by Gasteiger charge is -2.39. The first kappa shape index (κ1) is 17.9. The molecule has 1 aromatic carbocycles. The molecule has 21 heavy (non-hydrogen) atoms. The van der Waals surface area contributed by atoms with E-state index in [1.807, 2.05) is 17.0 Å². The zero-order chi connectivity index (χ0) is 13.2. The second-order valence-electron chi connectivity index (χ2n) is 5.18. The van der Waals surface area contributed by atoms with Gasteiger partial charge in [-0.2, -0.15) is 0 Å². The highest BCUT2D eigenvalue weighted by Crippen LogP contribution is 2.20. The van der Waals surface area contributed by atoms with Crippen molar-refractivity contribution in [3.8, 4) is 5.75 Å². The van der Waals surface area contributed by atoms with Gasteiger partial charge in [0.1, 0.15) is 5.75 Å². The molecule has 2 aliphatic rings. The predicted octanol–water partition coefficient (Wildman–Crippen LogP) is 1.10. The van der Waals surface area contributed by atoms with Gasteiger partial charge in [-0.1, -0.05) is 0 Å². The Morgan fingerprint density at radius 1 is 1.05 bits per heavy atom. The number of phenolic OH excluding ortho intramolecular Hbond substituents is 1. The standard InChI is InChI=1S/C14H19N3O2.2ClH/c18-13-3-1-12(2-4-13)16-5-7-17(8-6-16)14(19)11-9-15-10-11;;/h1-4,11,15,18H,5-10H2;2*1H. The molecular formula is C14H21Cl2N3O2. The number of hydrogen-bond acceptors (Lipinski definition) is 4. The van der Waals surface area contributed by atoms with Crippen LogP contribution in [0.3, 0.4) is 0 Å². The third-order valence-electron chi connectivity index (χ3n) is 3.94. The molecule has 118 valence electrons. The molecule has 0 spiro atoms. The molecule has 3 rings (SSSR count). The smallest absolute Gasteiger partial charge is 0.228 e. The monoisotopic (exact) mass is 333 g/mol. The Morgan fingerprint density at radius 2 is 1.62 bits per heavy atom. The minimum Gasteiger partial charge on any atom is -0.508 e. The van der Waals surface area contributed by atoms with Crippen LogP contribution in [0.25, 0.3) is 0 Å². The van der Waals surface area contributed by atoms with Crippen LogP contribution in [0.4, 0.5) is 5.69 Å². The van der Waals surface area contributed by atoms with Gasteiger partial charge in [0, 0.05) is 45.0 Å². The van der Waals surface area contributed by atoms with Crippen molar-refractivity contribution in [3.63, 3.8) is 0 Å². The minimum atomic E-state index is 0. The number of carbonyl (C=O) groups excluding carboxylic acids is 1. The number of piperazine rings is 1. The molecule has 1 amide bonds. The van der Waals surface area contributed by atoms with Crippen LogP contribution >= 0.6 is 24.8 Å². The number of carbonyl (C=O) groups is 1. The van der Waals surface area contributed by atoms with E-state index in [2.05, 4.69) is 10.2 Å². The third kappa shape index (κ3) is 3.93. The van der Waals surface area contributed by atoms with Crippen molar-refractivity contribution in [2.45, 2.75) is 0 Å². The summed E-state index contributed by atoms with van der Waals surface area (Å²) in [5.41, 5.74) is 1.11. The predicted molar refractivity (Wildman–Crippen MR) is 87.8 cm³/mol. The van der Waals surface area contributed by atoms with Crippen molar-refractivity contribution in [1.29, 1.82) is 0 Å². The van der Waals surface area contributed by atoms with Gasteiger partial charge in [0.05, 0.1) is 5.92 Å². The largest absolute Gasteiger partial charge is 0.508 e. The van der Waals surface area contributed by atoms with Gasteiger partial charge in [-0.15, -0.1) is 24.8 Å². The first-order valence-corrected chi connectivity index (χ1v) is 6.77. The van der Waals surface area contributed by atoms with Crippen molar-refractivity contribution in [1.82, 2.24) is 10.2 Å². The van der Waals surface area contributed by atoms with E-state index in [0.29, 0.717) is 5.91 Å². The maximum atomic E-state index is 12.1. The van der Waals surface area contributed by atoms with Crippen LogP contribution < -0.4 is 10.2 Å². The quantitative estimate of drug-likeness (QED) is 0.851. The number of nitrogens with zero attached hydrogens (tertiary/aromatic N) is 2. The Balaban J connectivity index is 0.00000110. The molecule has 0 radical (unpaired) electrons. The lowest BCUT2D eigenvalue weighted by Crippen LogP contribution is -2.56. The normalized spacial score (nSPS) is 18.3. The highest BCUT2D eigenvalue weighted by Gasteiger charge is 2.30. The van der Waals surface area contributed by atoms with Crippen LogP contribution in [0.2, 0.25) is 0 Å². The van der Waals surface area contributed by atoms with E-state index in [1.165, 1.54) is 0 Å². The Labute approximate surface area is 137 Å². The van der Waals surface area contributed by atoms with E-state index in [1.54, 1.807) is 12.1 Å². The fraction of sp³-hybridized carbons (Fsp3) is 0.500. The summed E-state index contributed by atoms with van der Waals surface area (Å²) in [4.78, 5) is 16.3. The first-order valence-electron chi connectivity index (χ1n) is 6.77. The second-order valence-corrected chi connectivity index (χ2v) is 5.18.